The number of thioether (sulfide) groups is 1. The lowest BCUT2D eigenvalue weighted by Gasteiger charge is -2.35. The van der Waals surface area contributed by atoms with E-state index in [1.807, 2.05) is 30.3 Å². The van der Waals surface area contributed by atoms with Gasteiger partial charge in [-0.3, -0.25) is 4.79 Å². The van der Waals surface area contributed by atoms with E-state index in [0.29, 0.717) is 5.75 Å². The second kappa shape index (κ2) is 6.73. The lowest BCUT2D eigenvalue weighted by Crippen LogP contribution is -2.42. The van der Waals surface area contributed by atoms with E-state index in [4.69, 9.17) is 4.43 Å². The zero-order valence-corrected chi connectivity index (χ0v) is 14.3. The molecular weight excluding hydrogens is 272 g/mol. The predicted octanol–water partition coefficient (Wildman–Crippen LogP) is 4.37. The first kappa shape index (κ1) is 16.5. The van der Waals surface area contributed by atoms with Crippen molar-refractivity contribution in [3.05, 3.63) is 30.3 Å². The van der Waals surface area contributed by atoms with Gasteiger partial charge in [-0.25, -0.2) is 0 Å². The zero-order chi connectivity index (χ0) is 14.5. The van der Waals surface area contributed by atoms with Crippen LogP contribution in [0, 0.1) is 0 Å². The van der Waals surface area contributed by atoms with E-state index < -0.39 is 8.32 Å². The largest absolute Gasteiger partial charge is 0.409 e. The lowest BCUT2D eigenvalue weighted by molar-refractivity contribution is -0.118. The van der Waals surface area contributed by atoms with Crippen molar-refractivity contribution in [1.82, 2.24) is 0 Å². The molecule has 0 aliphatic rings. The molecule has 0 aliphatic carbocycles. The quantitative estimate of drug-likeness (QED) is 0.576. The number of carbonyl (C=O) groups is 1. The minimum absolute atomic E-state index is 0.153. The van der Waals surface area contributed by atoms with Crippen LogP contribution in [0.5, 0.6) is 0 Å². The summed E-state index contributed by atoms with van der Waals surface area (Å²) in [6.45, 7) is 11.1. The first-order valence-electron chi connectivity index (χ1n) is 6.56. The van der Waals surface area contributed by atoms with Gasteiger partial charge in [0.2, 0.25) is 0 Å². The highest BCUT2D eigenvalue weighted by Crippen LogP contribution is 2.36. The molecule has 0 aliphatic heterocycles. The first-order valence-corrected chi connectivity index (χ1v) is 10.5. The molecule has 106 valence electrons. The normalized spacial score (nSPS) is 12.5. The van der Waals surface area contributed by atoms with Crippen molar-refractivity contribution in [2.75, 3.05) is 12.4 Å². The lowest BCUT2D eigenvalue weighted by atomic mass is 10.2. The molecule has 0 fully saturated rings. The van der Waals surface area contributed by atoms with E-state index in [0.717, 1.165) is 4.90 Å². The van der Waals surface area contributed by atoms with E-state index in [9.17, 15) is 4.79 Å². The van der Waals surface area contributed by atoms with Crippen LogP contribution >= 0.6 is 11.8 Å². The number of benzene rings is 1. The molecule has 0 bridgehead atoms. The molecule has 0 saturated carbocycles. The summed E-state index contributed by atoms with van der Waals surface area (Å²) in [7, 11) is -1.81. The Morgan fingerprint density at radius 1 is 1.21 bits per heavy atom. The Bertz CT molecular complexity index is 410. The van der Waals surface area contributed by atoms with Gasteiger partial charge in [-0.2, -0.15) is 0 Å². The van der Waals surface area contributed by atoms with E-state index in [-0.39, 0.29) is 17.4 Å². The molecule has 0 heterocycles. The van der Waals surface area contributed by atoms with Crippen LogP contribution in [0.3, 0.4) is 0 Å². The summed E-state index contributed by atoms with van der Waals surface area (Å²) in [6, 6.07) is 9.99. The highest BCUT2D eigenvalue weighted by atomic mass is 32.2. The maximum atomic E-state index is 11.9. The highest BCUT2D eigenvalue weighted by molar-refractivity contribution is 8.00. The summed E-state index contributed by atoms with van der Waals surface area (Å²) in [5, 5.41) is 0.153. The molecule has 19 heavy (non-hydrogen) atoms. The standard InChI is InChI=1S/C15H24O2SSi/c1-15(2,3)19(4,5)17-11-13(16)12-18-14-9-7-6-8-10-14/h6-10H,11-12H2,1-5H3. The van der Waals surface area contributed by atoms with Crippen LogP contribution in [0.4, 0.5) is 0 Å². The smallest absolute Gasteiger partial charge is 0.192 e. The van der Waals surface area contributed by atoms with Crippen molar-refractivity contribution in [3.63, 3.8) is 0 Å². The molecule has 1 aromatic rings. The topological polar surface area (TPSA) is 26.3 Å². The van der Waals surface area contributed by atoms with E-state index >= 15 is 0 Å². The maximum Gasteiger partial charge on any atom is 0.192 e. The van der Waals surface area contributed by atoms with Gasteiger partial charge >= 0.3 is 0 Å². The van der Waals surface area contributed by atoms with Crippen molar-refractivity contribution in [1.29, 1.82) is 0 Å². The summed E-state index contributed by atoms with van der Waals surface area (Å²) in [4.78, 5) is 13.0. The van der Waals surface area contributed by atoms with Crippen molar-refractivity contribution in [3.8, 4) is 0 Å². The fraction of sp³-hybridized carbons (Fsp3) is 0.533. The molecule has 0 N–H and O–H groups in total. The van der Waals surface area contributed by atoms with Gasteiger partial charge < -0.3 is 4.43 Å². The Morgan fingerprint density at radius 2 is 1.79 bits per heavy atom. The summed E-state index contributed by atoms with van der Waals surface area (Å²) in [5.74, 6) is 0.650. The van der Waals surface area contributed by atoms with Crippen molar-refractivity contribution >= 4 is 25.9 Å². The highest BCUT2D eigenvalue weighted by Gasteiger charge is 2.37. The Kier molecular flexibility index (Phi) is 5.83. The van der Waals surface area contributed by atoms with Crippen molar-refractivity contribution in [2.24, 2.45) is 0 Å². The molecule has 0 amide bonds. The SMILES string of the molecule is CC(C)(C)[Si](C)(C)OCC(=O)CSc1ccccc1. The Hall–Kier alpha value is -0.583. The van der Waals surface area contributed by atoms with Gasteiger partial charge in [0.05, 0.1) is 12.4 Å². The monoisotopic (exact) mass is 296 g/mol. The summed E-state index contributed by atoms with van der Waals surface area (Å²) in [6.07, 6.45) is 0. The third-order valence-electron chi connectivity index (χ3n) is 3.54. The number of Topliss-reactive ketones (excluding diaryl/α,β-unsaturated/α-hetero) is 1. The number of hydrogen-bond acceptors (Lipinski definition) is 3. The first-order chi connectivity index (χ1) is 8.72. The minimum atomic E-state index is -1.81. The second-order valence-corrected chi connectivity index (χ2v) is 12.0. The molecule has 2 nitrogen and oxygen atoms in total. The summed E-state index contributed by atoms with van der Waals surface area (Å²) >= 11 is 1.57. The number of rotatable bonds is 6. The zero-order valence-electron chi connectivity index (χ0n) is 12.5. The van der Waals surface area contributed by atoms with E-state index in [1.165, 1.54) is 0 Å². The fourth-order valence-electron chi connectivity index (χ4n) is 1.20. The van der Waals surface area contributed by atoms with E-state index in [1.54, 1.807) is 11.8 Å². The van der Waals surface area contributed by atoms with Gasteiger partial charge in [0.1, 0.15) is 0 Å². The average molecular weight is 297 g/mol. The number of carbonyl (C=O) groups excluding carboxylic acids is 1. The van der Waals surface area contributed by atoms with Crippen LogP contribution < -0.4 is 0 Å². The molecule has 0 atom stereocenters. The Morgan fingerprint density at radius 3 is 2.32 bits per heavy atom. The fourth-order valence-corrected chi connectivity index (χ4v) is 2.92. The third kappa shape index (κ3) is 5.51. The molecule has 0 saturated heterocycles. The Labute approximate surface area is 122 Å². The predicted molar refractivity (Wildman–Crippen MR) is 85.3 cm³/mol. The Balaban J connectivity index is 2.37. The molecule has 0 radical (unpaired) electrons. The average Bonchev–Trinajstić information content (AvgIpc) is 2.34. The molecular formula is C15H24O2SSi. The van der Waals surface area contributed by atoms with Crippen LogP contribution in [-0.4, -0.2) is 26.5 Å². The van der Waals surface area contributed by atoms with Gasteiger partial charge in [0.25, 0.3) is 0 Å². The third-order valence-corrected chi connectivity index (χ3v) is 9.09. The van der Waals surface area contributed by atoms with Gasteiger partial charge in [-0.15, -0.1) is 11.8 Å². The minimum Gasteiger partial charge on any atom is -0.409 e. The van der Waals surface area contributed by atoms with Crippen LogP contribution in [0.2, 0.25) is 18.1 Å². The second-order valence-electron chi connectivity index (χ2n) is 6.19. The molecule has 0 aromatic heterocycles. The van der Waals surface area contributed by atoms with Crippen LogP contribution in [-0.2, 0) is 9.22 Å². The van der Waals surface area contributed by atoms with Crippen LogP contribution in [0.25, 0.3) is 0 Å². The number of hydrogen-bond donors (Lipinski definition) is 0. The summed E-state index contributed by atoms with van der Waals surface area (Å²) in [5.41, 5.74) is 0. The molecule has 1 aromatic carbocycles. The van der Waals surface area contributed by atoms with Gasteiger partial charge in [-0.1, -0.05) is 39.0 Å². The van der Waals surface area contributed by atoms with E-state index in [2.05, 4.69) is 33.9 Å². The van der Waals surface area contributed by atoms with Crippen LogP contribution in [0.1, 0.15) is 20.8 Å². The van der Waals surface area contributed by atoms with Crippen molar-refractivity contribution in [2.45, 2.75) is 43.8 Å². The molecule has 1 rings (SSSR count). The molecule has 0 spiro atoms. The van der Waals surface area contributed by atoms with Gasteiger partial charge in [0.15, 0.2) is 14.1 Å². The van der Waals surface area contributed by atoms with Crippen LogP contribution in [0.15, 0.2) is 35.2 Å². The van der Waals surface area contributed by atoms with Gasteiger partial charge in [-0.05, 0) is 30.3 Å². The van der Waals surface area contributed by atoms with Crippen molar-refractivity contribution < 1.29 is 9.22 Å². The summed E-state index contributed by atoms with van der Waals surface area (Å²) < 4.78 is 5.92. The number of ketones is 1. The maximum absolute atomic E-state index is 11.9. The molecule has 4 heteroatoms. The van der Waals surface area contributed by atoms with Gasteiger partial charge in [0, 0.05) is 4.90 Å². The molecule has 0 unspecified atom stereocenters.